The van der Waals surface area contributed by atoms with Gasteiger partial charge in [0.2, 0.25) is 0 Å². The Labute approximate surface area is 215 Å². The van der Waals surface area contributed by atoms with Crippen molar-refractivity contribution in [3.63, 3.8) is 0 Å². The Morgan fingerprint density at radius 3 is 1.77 bits per heavy atom. The zero-order chi connectivity index (χ0) is 24.3. The second-order valence-corrected chi connectivity index (χ2v) is 9.23. The fraction of sp³-hybridized carbons (Fsp3) is 0.310. The molecular formula is C29H31BrO5. The van der Waals surface area contributed by atoms with Crippen LogP contribution in [0.25, 0.3) is 0 Å². The zero-order valence-corrected chi connectivity index (χ0v) is 21.4. The first-order valence-electron chi connectivity index (χ1n) is 11.7. The van der Waals surface area contributed by atoms with Gasteiger partial charge in [0.15, 0.2) is 6.29 Å². The summed E-state index contributed by atoms with van der Waals surface area (Å²) in [6.07, 6.45) is 0.193. The number of rotatable bonds is 11. The number of hydrogen-bond acceptors (Lipinski definition) is 5. The van der Waals surface area contributed by atoms with Gasteiger partial charge in [0.25, 0.3) is 0 Å². The van der Waals surface area contributed by atoms with Crippen LogP contribution in [-0.2, 0) is 43.5 Å². The molecule has 4 atom stereocenters. The number of hydrogen-bond donors (Lipinski definition) is 0. The van der Waals surface area contributed by atoms with E-state index in [2.05, 4.69) is 15.9 Å². The molecule has 0 aromatic heterocycles. The van der Waals surface area contributed by atoms with E-state index in [4.69, 9.17) is 23.7 Å². The van der Waals surface area contributed by atoms with Crippen molar-refractivity contribution in [3.05, 3.63) is 118 Å². The van der Waals surface area contributed by atoms with Crippen LogP contribution in [0.15, 0.2) is 102 Å². The molecule has 5 nitrogen and oxygen atoms in total. The highest BCUT2D eigenvalue weighted by molar-refractivity contribution is 9.11. The molecule has 1 unspecified atom stereocenters. The minimum atomic E-state index is -0.575. The maximum atomic E-state index is 6.46. The molecule has 0 bridgehead atoms. The molecule has 6 heteroatoms. The van der Waals surface area contributed by atoms with Crippen LogP contribution in [0, 0.1) is 0 Å². The summed E-state index contributed by atoms with van der Waals surface area (Å²) in [4.78, 5) is 0. The Balaban J connectivity index is 1.52. The molecule has 0 aliphatic carbocycles. The number of benzene rings is 3. The SMILES string of the molecule is COC1O[C@H](COCc2ccccc2)[C@@H](OCc2ccccc2)[C@H](OCc2ccccc2)C=C1Br. The second kappa shape index (κ2) is 13.7. The monoisotopic (exact) mass is 538 g/mol. The lowest BCUT2D eigenvalue weighted by Crippen LogP contribution is -2.44. The number of ether oxygens (including phenoxy) is 5. The van der Waals surface area contributed by atoms with E-state index in [-0.39, 0.29) is 6.10 Å². The second-order valence-electron chi connectivity index (χ2n) is 8.32. The highest BCUT2D eigenvalue weighted by Gasteiger charge is 2.37. The van der Waals surface area contributed by atoms with E-state index in [1.54, 1.807) is 7.11 Å². The summed E-state index contributed by atoms with van der Waals surface area (Å²) in [5.74, 6) is 0. The summed E-state index contributed by atoms with van der Waals surface area (Å²) < 4.78 is 31.6. The first-order chi connectivity index (χ1) is 17.2. The third-order valence-electron chi connectivity index (χ3n) is 5.72. The van der Waals surface area contributed by atoms with E-state index in [1.165, 1.54) is 0 Å². The van der Waals surface area contributed by atoms with Crippen LogP contribution in [0.1, 0.15) is 16.7 Å². The smallest absolute Gasteiger partial charge is 0.190 e. The van der Waals surface area contributed by atoms with Crippen molar-refractivity contribution in [2.75, 3.05) is 13.7 Å². The van der Waals surface area contributed by atoms with Gasteiger partial charge in [0, 0.05) is 11.6 Å². The largest absolute Gasteiger partial charge is 0.374 e. The molecule has 0 N–H and O–H groups in total. The summed E-state index contributed by atoms with van der Waals surface area (Å²) in [6.45, 7) is 1.68. The van der Waals surface area contributed by atoms with Gasteiger partial charge >= 0.3 is 0 Å². The Bertz CT molecular complexity index is 1030. The molecule has 4 rings (SSSR count). The van der Waals surface area contributed by atoms with Crippen LogP contribution >= 0.6 is 15.9 Å². The minimum Gasteiger partial charge on any atom is -0.374 e. The van der Waals surface area contributed by atoms with Gasteiger partial charge in [-0.3, -0.25) is 0 Å². The van der Waals surface area contributed by atoms with E-state index in [0.717, 1.165) is 21.2 Å². The van der Waals surface area contributed by atoms with E-state index >= 15 is 0 Å². The van der Waals surface area contributed by atoms with Crippen LogP contribution < -0.4 is 0 Å². The zero-order valence-electron chi connectivity index (χ0n) is 19.8. The van der Waals surface area contributed by atoms with Gasteiger partial charge < -0.3 is 23.7 Å². The van der Waals surface area contributed by atoms with Crippen molar-refractivity contribution < 1.29 is 23.7 Å². The average molecular weight is 539 g/mol. The molecule has 0 saturated carbocycles. The predicted molar refractivity (Wildman–Crippen MR) is 139 cm³/mol. The summed E-state index contributed by atoms with van der Waals surface area (Å²) in [5, 5.41) is 0. The van der Waals surface area contributed by atoms with Gasteiger partial charge in [0.1, 0.15) is 18.3 Å². The molecule has 3 aromatic rings. The Kier molecular flexibility index (Phi) is 10.1. The van der Waals surface area contributed by atoms with Crippen LogP contribution in [0.3, 0.4) is 0 Å². The van der Waals surface area contributed by atoms with Crippen LogP contribution in [0.5, 0.6) is 0 Å². The van der Waals surface area contributed by atoms with Crippen LogP contribution in [-0.4, -0.2) is 38.3 Å². The van der Waals surface area contributed by atoms with Crippen LogP contribution in [0.4, 0.5) is 0 Å². The lowest BCUT2D eigenvalue weighted by Gasteiger charge is -2.31. The number of methoxy groups -OCH3 is 1. The molecule has 1 heterocycles. The van der Waals surface area contributed by atoms with Gasteiger partial charge in [0.05, 0.1) is 26.4 Å². The highest BCUT2D eigenvalue weighted by atomic mass is 79.9. The first kappa shape index (κ1) is 25.8. The predicted octanol–water partition coefficient (Wildman–Crippen LogP) is 6.02. The fourth-order valence-corrected chi connectivity index (χ4v) is 4.45. The van der Waals surface area contributed by atoms with Gasteiger partial charge in [-0.15, -0.1) is 0 Å². The molecule has 0 radical (unpaired) electrons. The van der Waals surface area contributed by atoms with Crippen molar-refractivity contribution in [3.8, 4) is 0 Å². The molecule has 0 amide bonds. The Morgan fingerprint density at radius 1 is 0.714 bits per heavy atom. The van der Waals surface area contributed by atoms with Crippen molar-refractivity contribution in [2.24, 2.45) is 0 Å². The molecule has 1 aliphatic rings. The van der Waals surface area contributed by atoms with E-state index < -0.39 is 18.5 Å². The molecular weight excluding hydrogens is 508 g/mol. The molecule has 0 saturated heterocycles. The Hall–Kier alpha value is -2.32. The van der Waals surface area contributed by atoms with Gasteiger partial charge in [-0.05, 0) is 22.8 Å². The van der Waals surface area contributed by atoms with Crippen molar-refractivity contribution >= 4 is 15.9 Å². The van der Waals surface area contributed by atoms with Gasteiger partial charge in [-0.2, -0.15) is 0 Å². The lowest BCUT2D eigenvalue weighted by atomic mass is 10.1. The third kappa shape index (κ3) is 7.84. The molecule has 184 valence electrons. The van der Waals surface area contributed by atoms with Gasteiger partial charge in [-0.25, -0.2) is 0 Å². The minimum absolute atomic E-state index is 0.327. The normalized spacial score (nSPS) is 22.4. The molecule has 0 fully saturated rings. The van der Waals surface area contributed by atoms with Gasteiger partial charge in [-0.1, -0.05) is 107 Å². The molecule has 1 aliphatic heterocycles. The van der Waals surface area contributed by atoms with Crippen molar-refractivity contribution in [1.82, 2.24) is 0 Å². The maximum Gasteiger partial charge on any atom is 0.190 e. The van der Waals surface area contributed by atoms with Crippen molar-refractivity contribution in [1.29, 1.82) is 0 Å². The first-order valence-corrected chi connectivity index (χ1v) is 12.5. The standard InChI is InChI=1S/C29H31BrO5/c1-31-29-25(30)17-26(33-19-23-13-7-3-8-14-23)28(34-20-24-15-9-4-10-16-24)27(35-29)21-32-18-22-11-5-2-6-12-22/h2-17,26-29H,18-21H2,1H3/t26-,27-,28+,29?/m1/s1. The third-order valence-corrected chi connectivity index (χ3v) is 6.35. The summed E-state index contributed by atoms with van der Waals surface area (Å²) in [7, 11) is 1.62. The number of halogens is 1. The van der Waals surface area contributed by atoms with E-state index in [1.807, 2.05) is 97.1 Å². The maximum absolute atomic E-state index is 6.46. The van der Waals surface area contributed by atoms with Crippen LogP contribution in [0.2, 0.25) is 0 Å². The summed E-state index contributed by atoms with van der Waals surface area (Å²) in [5.41, 5.74) is 3.26. The average Bonchev–Trinajstić information content (AvgIpc) is 3.03. The Morgan fingerprint density at radius 2 is 1.23 bits per heavy atom. The summed E-state index contributed by atoms with van der Waals surface area (Å²) >= 11 is 3.62. The molecule has 0 spiro atoms. The lowest BCUT2D eigenvalue weighted by molar-refractivity contribution is -0.199. The van der Waals surface area contributed by atoms with E-state index in [9.17, 15) is 0 Å². The fourth-order valence-electron chi connectivity index (χ4n) is 3.89. The summed E-state index contributed by atoms with van der Waals surface area (Å²) in [6, 6.07) is 30.3. The van der Waals surface area contributed by atoms with E-state index in [0.29, 0.717) is 26.4 Å². The quantitative estimate of drug-likeness (QED) is 0.298. The van der Waals surface area contributed by atoms with Crippen molar-refractivity contribution in [2.45, 2.75) is 44.4 Å². The topological polar surface area (TPSA) is 46.2 Å². The molecule has 35 heavy (non-hydrogen) atoms. The highest BCUT2D eigenvalue weighted by Crippen LogP contribution is 2.29. The molecule has 3 aromatic carbocycles.